The summed E-state index contributed by atoms with van der Waals surface area (Å²) < 4.78 is 28.1. The Morgan fingerprint density at radius 3 is 2.86 bits per heavy atom. The van der Waals surface area contributed by atoms with Gasteiger partial charge >= 0.3 is 5.97 Å². The zero-order chi connectivity index (χ0) is 18.3. The molecule has 0 spiro atoms. The summed E-state index contributed by atoms with van der Waals surface area (Å²) >= 11 is 0. The van der Waals surface area contributed by atoms with Gasteiger partial charge in [-0.2, -0.15) is 0 Å². The molecule has 3 atom stereocenters. The Kier molecular flexibility index (Phi) is 3.14. The van der Waals surface area contributed by atoms with Gasteiger partial charge in [-0.15, -0.1) is 5.10 Å². The van der Waals surface area contributed by atoms with Crippen LogP contribution in [0.4, 0.5) is 0 Å². The lowest BCUT2D eigenvalue weighted by atomic mass is 9.85. The van der Waals surface area contributed by atoms with Crippen molar-refractivity contribution in [2.24, 2.45) is 12.9 Å². The van der Waals surface area contributed by atoms with Gasteiger partial charge < -0.3 is 10.1 Å². The Balaban J connectivity index is 2.34. The number of esters is 1. The van der Waals surface area contributed by atoms with Crippen molar-refractivity contribution in [3.8, 4) is 0 Å². The van der Waals surface area contributed by atoms with Crippen molar-refractivity contribution in [2.75, 3.05) is 0 Å². The highest BCUT2D eigenvalue weighted by Crippen LogP contribution is 2.30. The fourth-order valence-electron chi connectivity index (χ4n) is 2.38. The zero-order valence-electron chi connectivity index (χ0n) is 15.6. The average molecular weight is 298 g/mol. The van der Waals surface area contributed by atoms with Gasteiger partial charge in [-0.1, -0.05) is 5.21 Å². The van der Waals surface area contributed by atoms with Gasteiger partial charge in [-0.3, -0.25) is 14.3 Å². The summed E-state index contributed by atoms with van der Waals surface area (Å²) in [5, 5.41) is 10.5. The Bertz CT molecular complexity index is 636. The van der Waals surface area contributed by atoms with Gasteiger partial charge in [-0.05, 0) is 27.7 Å². The van der Waals surface area contributed by atoms with Gasteiger partial charge in [-0.25, -0.2) is 0 Å². The first-order chi connectivity index (χ1) is 10.9. The average Bonchev–Trinajstić information content (AvgIpc) is 2.84. The van der Waals surface area contributed by atoms with Gasteiger partial charge in [0.1, 0.15) is 17.2 Å². The molecule has 116 valence electrons. The molecule has 1 aromatic heterocycles. The van der Waals surface area contributed by atoms with E-state index in [2.05, 4.69) is 15.6 Å². The molecule has 0 aliphatic carbocycles. The molecule has 7 heteroatoms. The van der Waals surface area contributed by atoms with Crippen molar-refractivity contribution in [1.29, 1.82) is 0 Å². The lowest BCUT2D eigenvalue weighted by Crippen LogP contribution is -2.50. The van der Waals surface area contributed by atoms with Gasteiger partial charge in [0.05, 0.1) is 6.04 Å². The van der Waals surface area contributed by atoms with Gasteiger partial charge in [0.2, 0.25) is 0 Å². The number of carbonyl (C=O) groups excluding carboxylic acids is 2. The van der Waals surface area contributed by atoms with Crippen molar-refractivity contribution in [3.63, 3.8) is 0 Å². The molecule has 1 aliphatic heterocycles. The Labute approximate surface area is 128 Å². The molecule has 0 bridgehead atoms. The summed E-state index contributed by atoms with van der Waals surface area (Å²) in [6.45, 7) is 4.48. The summed E-state index contributed by atoms with van der Waals surface area (Å²) in [5.41, 5.74) is -0.511. The highest BCUT2D eigenvalue weighted by Gasteiger charge is 2.43. The van der Waals surface area contributed by atoms with Crippen molar-refractivity contribution in [3.05, 3.63) is 11.9 Å². The largest absolute Gasteiger partial charge is 0.459 e. The minimum absolute atomic E-state index is 0.168. The molecule has 21 heavy (non-hydrogen) atoms. The molecule has 2 heterocycles. The number of aromatic nitrogens is 3. The van der Waals surface area contributed by atoms with Crippen LogP contribution in [-0.2, 0) is 21.3 Å². The first kappa shape index (κ1) is 11.9. The smallest absolute Gasteiger partial charge is 0.319 e. The molecule has 7 nitrogen and oxygen atoms in total. The van der Waals surface area contributed by atoms with Gasteiger partial charge in [0.15, 0.2) is 5.78 Å². The second-order valence-electron chi connectivity index (χ2n) is 6.31. The van der Waals surface area contributed by atoms with E-state index in [1.807, 2.05) is 6.92 Å². The number of ketones is 1. The molecule has 1 fully saturated rings. The van der Waals surface area contributed by atoms with Crippen LogP contribution in [0.15, 0.2) is 6.20 Å². The number of aryl methyl sites for hydroxylation is 1. The van der Waals surface area contributed by atoms with E-state index in [1.54, 1.807) is 20.8 Å². The number of carbonyl (C=O) groups is 2. The minimum Gasteiger partial charge on any atom is -0.459 e. The number of rotatable bonds is 2. The first-order valence-electron chi connectivity index (χ1n) is 8.33. The van der Waals surface area contributed by atoms with E-state index in [0.717, 1.165) is 4.68 Å². The van der Waals surface area contributed by atoms with Crippen LogP contribution in [0.1, 0.15) is 50.0 Å². The number of piperidine rings is 1. The number of hydrogen-bond acceptors (Lipinski definition) is 6. The highest BCUT2D eigenvalue weighted by atomic mass is 16.6. The van der Waals surface area contributed by atoms with Crippen molar-refractivity contribution < 1.29 is 18.4 Å². The minimum atomic E-state index is -2.48. The molecule has 0 aromatic carbocycles. The van der Waals surface area contributed by atoms with Crippen LogP contribution in [0.5, 0.6) is 0 Å². The summed E-state index contributed by atoms with van der Waals surface area (Å²) in [7, 11) is 0. The second kappa shape index (κ2) is 5.55. The normalized spacial score (nSPS) is 29.4. The van der Waals surface area contributed by atoms with Crippen LogP contribution in [0.25, 0.3) is 0 Å². The van der Waals surface area contributed by atoms with E-state index in [-0.39, 0.29) is 23.9 Å². The second-order valence-corrected chi connectivity index (χ2v) is 6.31. The van der Waals surface area contributed by atoms with E-state index in [1.165, 1.54) is 6.20 Å². The maximum absolute atomic E-state index is 12.5. The Morgan fingerprint density at radius 1 is 1.57 bits per heavy atom. The lowest BCUT2D eigenvalue weighted by Gasteiger charge is -2.34. The Hall–Kier alpha value is -1.76. The van der Waals surface area contributed by atoms with Gasteiger partial charge in [0.25, 0.3) is 0 Å². The van der Waals surface area contributed by atoms with Crippen molar-refractivity contribution in [1.82, 2.24) is 20.3 Å². The van der Waals surface area contributed by atoms with Crippen LogP contribution in [0.2, 0.25) is 0 Å². The third-order valence-corrected chi connectivity index (χ3v) is 3.14. The fraction of sp³-hybridized carbons (Fsp3) is 0.714. The summed E-state index contributed by atoms with van der Waals surface area (Å²) in [6.07, 6.45) is 1.42. The summed E-state index contributed by atoms with van der Waals surface area (Å²) in [5.74, 6) is -1.99. The van der Waals surface area contributed by atoms with E-state index in [0.29, 0.717) is 0 Å². The van der Waals surface area contributed by atoms with E-state index in [9.17, 15) is 9.59 Å². The number of nitrogens with one attached hydrogen (secondary N) is 1. The number of Topliss-reactive ketones (excluding diaryl/α,β-unsaturated/α-hetero) is 1. The SMILES string of the molecule is [2H][13C]([2H])([2H])n1cc([C@H]2N[C@@H](C)CC(=O)C2C(=O)OC(C)(C)C)nn1. The lowest BCUT2D eigenvalue weighted by molar-refractivity contribution is -0.164. The van der Waals surface area contributed by atoms with Crippen LogP contribution in [0, 0.1) is 5.92 Å². The van der Waals surface area contributed by atoms with Crippen LogP contribution in [0.3, 0.4) is 0 Å². The first-order valence-corrected chi connectivity index (χ1v) is 6.83. The molecule has 0 radical (unpaired) electrons. The Morgan fingerprint density at radius 2 is 2.29 bits per heavy atom. The van der Waals surface area contributed by atoms with Gasteiger partial charge in [0, 0.05) is 29.7 Å². The van der Waals surface area contributed by atoms with Crippen LogP contribution >= 0.6 is 0 Å². The standard InChI is InChI=1S/C14H22N4O3/c1-8-6-10(19)11(13(20)21-14(2,3)4)12(15-8)9-7-18(5)17-16-9/h7-8,11-12,15H,6H2,1-5H3/t8-,11?,12+/m0/s1/i5+1D3. The number of hydrogen-bond donors (Lipinski definition) is 1. The topological polar surface area (TPSA) is 86.1 Å². The molecule has 2 rings (SSSR count). The molecule has 0 amide bonds. The van der Waals surface area contributed by atoms with Crippen molar-refractivity contribution >= 4 is 11.8 Å². The third kappa shape index (κ3) is 3.66. The predicted octanol–water partition coefficient (Wildman–Crippen LogP) is 0.765. The maximum Gasteiger partial charge on any atom is 0.319 e. The van der Waals surface area contributed by atoms with Crippen LogP contribution in [-0.4, -0.2) is 38.4 Å². The van der Waals surface area contributed by atoms with E-state index in [4.69, 9.17) is 8.85 Å². The maximum atomic E-state index is 12.5. The molecule has 1 aromatic rings. The highest BCUT2D eigenvalue weighted by molar-refractivity contribution is 6.00. The fourth-order valence-corrected chi connectivity index (χ4v) is 2.38. The zero-order valence-corrected chi connectivity index (χ0v) is 12.6. The van der Waals surface area contributed by atoms with Crippen LogP contribution < -0.4 is 5.32 Å². The molecule has 1 unspecified atom stereocenters. The number of nitrogens with zero attached hydrogens (tertiary/aromatic N) is 3. The van der Waals surface area contributed by atoms with Crippen molar-refractivity contribution in [2.45, 2.75) is 51.8 Å². The summed E-state index contributed by atoms with van der Waals surface area (Å²) in [4.78, 5) is 24.9. The molecule has 0 saturated carbocycles. The van der Waals surface area contributed by atoms with E-state index < -0.39 is 30.5 Å². The molecule has 1 N–H and O–H groups in total. The number of ether oxygens (including phenoxy) is 1. The van der Waals surface area contributed by atoms with E-state index >= 15 is 0 Å². The molecule has 1 saturated heterocycles. The third-order valence-electron chi connectivity index (χ3n) is 3.14. The monoisotopic (exact) mass is 298 g/mol. The molecule has 1 aliphatic rings. The quantitative estimate of drug-likeness (QED) is 0.493. The molecular formula is C14H22N4O3. The predicted molar refractivity (Wildman–Crippen MR) is 75.3 cm³/mol. The molecular weight excluding hydrogens is 273 g/mol. The summed E-state index contributed by atoms with van der Waals surface area (Å²) in [6, 6.07) is -0.939.